The Bertz CT molecular complexity index is 625. The molecule has 0 aliphatic carbocycles. The number of piperidine rings is 1. The van der Waals surface area contributed by atoms with E-state index < -0.39 is 0 Å². The number of pyridine rings is 1. The molecule has 22 heavy (non-hydrogen) atoms. The first-order chi connectivity index (χ1) is 9.65. The second-order valence-corrected chi connectivity index (χ2v) is 6.01. The molecule has 3 rings (SSSR count). The fraction of sp³-hybridized carbons (Fsp3) is 0.438. The minimum atomic E-state index is 0. The normalized spacial score (nSPS) is 16.1. The first-order valence-corrected chi connectivity index (χ1v) is 7.54. The molecule has 1 aromatic heterocycles. The minimum Gasteiger partial charge on any atom is -0.328 e. The first kappa shape index (κ1) is 19.5. The van der Waals surface area contributed by atoms with Crippen molar-refractivity contribution in [2.24, 2.45) is 5.73 Å². The van der Waals surface area contributed by atoms with Gasteiger partial charge in [-0.2, -0.15) is 0 Å². The number of rotatable bonds is 2. The lowest BCUT2D eigenvalue weighted by Crippen LogP contribution is -2.39. The molecule has 0 amide bonds. The van der Waals surface area contributed by atoms with E-state index in [0.29, 0.717) is 6.04 Å². The highest BCUT2D eigenvalue weighted by Crippen LogP contribution is 2.28. The Morgan fingerprint density at radius 1 is 1.23 bits per heavy atom. The van der Waals surface area contributed by atoms with E-state index in [1.807, 2.05) is 18.2 Å². The standard InChI is InChI=1S/C16H20ClN3.2ClH/c1-11-13-4-2-3-5-14(13)19-15(16(11)17)10-20-8-6-12(18)7-9-20;;/h2-5,12H,6-10,18H2,1H3;2*1H. The van der Waals surface area contributed by atoms with Crippen LogP contribution in [0.3, 0.4) is 0 Å². The molecule has 0 saturated carbocycles. The molecule has 6 heteroatoms. The van der Waals surface area contributed by atoms with Crippen LogP contribution in [0.25, 0.3) is 10.9 Å². The lowest BCUT2D eigenvalue weighted by atomic mass is 10.1. The van der Waals surface area contributed by atoms with Crippen LogP contribution in [-0.2, 0) is 6.54 Å². The molecule has 2 N–H and O–H groups in total. The third kappa shape index (κ3) is 4.03. The van der Waals surface area contributed by atoms with E-state index in [9.17, 15) is 0 Å². The topological polar surface area (TPSA) is 42.1 Å². The van der Waals surface area contributed by atoms with Crippen LogP contribution in [0.2, 0.25) is 5.02 Å². The number of aromatic nitrogens is 1. The molecule has 0 atom stereocenters. The molecule has 2 heterocycles. The summed E-state index contributed by atoms with van der Waals surface area (Å²) in [7, 11) is 0. The summed E-state index contributed by atoms with van der Waals surface area (Å²) < 4.78 is 0. The van der Waals surface area contributed by atoms with E-state index in [1.165, 1.54) is 0 Å². The Labute approximate surface area is 149 Å². The van der Waals surface area contributed by atoms with Crippen molar-refractivity contribution < 1.29 is 0 Å². The first-order valence-electron chi connectivity index (χ1n) is 7.17. The van der Waals surface area contributed by atoms with Crippen molar-refractivity contribution in [3.63, 3.8) is 0 Å². The third-order valence-electron chi connectivity index (χ3n) is 4.15. The predicted octanol–water partition coefficient (Wildman–Crippen LogP) is 3.96. The van der Waals surface area contributed by atoms with Crippen LogP contribution < -0.4 is 5.73 Å². The Balaban J connectivity index is 0.00000121. The number of hydrogen-bond donors (Lipinski definition) is 1. The summed E-state index contributed by atoms with van der Waals surface area (Å²) >= 11 is 6.51. The average molecular weight is 363 g/mol. The van der Waals surface area contributed by atoms with Crippen molar-refractivity contribution in [3.05, 3.63) is 40.5 Å². The monoisotopic (exact) mass is 361 g/mol. The molecule has 1 saturated heterocycles. The number of halogens is 3. The molecule has 0 bridgehead atoms. The SMILES string of the molecule is Cc1c(Cl)c(CN2CCC(N)CC2)nc2ccccc12.Cl.Cl. The summed E-state index contributed by atoms with van der Waals surface area (Å²) in [5.74, 6) is 0. The van der Waals surface area contributed by atoms with Crippen molar-refractivity contribution in [1.29, 1.82) is 0 Å². The van der Waals surface area contributed by atoms with Crippen molar-refractivity contribution >= 4 is 47.3 Å². The number of para-hydroxylation sites is 1. The summed E-state index contributed by atoms with van der Waals surface area (Å²) in [4.78, 5) is 7.14. The maximum atomic E-state index is 6.51. The van der Waals surface area contributed by atoms with Crippen LogP contribution in [0.1, 0.15) is 24.1 Å². The zero-order valence-electron chi connectivity index (χ0n) is 12.6. The van der Waals surface area contributed by atoms with Crippen molar-refractivity contribution in [2.45, 2.75) is 32.4 Å². The molecule has 3 nitrogen and oxygen atoms in total. The van der Waals surface area contributed by atoms with Gasteiger partial charge < -0.3 is 5.73 Å². The van der Waals surface area contributed by atoms with Gasteiger partial charge in [0, 0.05) is 31.1 Å². The predicted molar refractivity (Wildman–Crippen MR) is 98.5 cm³/mol. The van der Waals surface area contributed by atoms with Crippen molar-refractivity contribution in [1.82, 2.24) is 9.88 Å². The highest BCUT2D eigenvalue weighted by atomic mass is 35.5. The second kappa shape index (κ2) is 8.32. The highest BCUT2D eigenvalue weighted by Gasteiger charge is 2.18. The number of likely N-dealkylation sites (tertiary alicyclic amines) is 1. The molecule has 1 aliphatic heterocycles. The quantitative estimate of drug-likeness (QED) is 0.879. The average Bonchev–Trinajstić information content (AvgIpc) is 2.47. The Hall–Kier alpha value is -0.580. The van der Waals surface area contributed by atoms with Crippen LogP contribution in [0.4, 0.5) is 0 Å². The number of benzene rings is 1. The van der Waals surface area contributed by atoms with Crippen molar-refractivity contribution in [2.75, 3.05) is 13.1 Å². The third-order valence-corrected chi connectivity index (χ3v) is 4.65. The number of nitrogens with two attached hydrogens (primary N) is 1. The molecule has 1 aromatic carbocycles. The Morgan fingerprint density at radius 2 is 1.86 bits per heavy atom. The number of hydrogen-bond acceptors (Lipinski definition) is 3. The highest BCUT2D eigenvalue weighted by molar-refractivity contribution is 6.32. The van der Waals surface area contributed by atoms with Crippen LogP contribution in [0.15, 0.2) is 24.3 Å². The van der Waals surface area contributed by atoms with Gasteiger partial charge in [0.2, 0.25) is 0 Å². The molecule has 0 radical (unpaired) electrons. The molecular formula is C16H22Cl3N3. The van der Waals surface area contributed by atoms with E-state index in [1.54, 1.807) is 0 Å². The molecule has 0 unspecified atom stereocenters. The van der Waals surface area contributed by atoms with Gasteiger partial charge in [-0.15, -0.1) is 24.8 Å². The summed E-state index contributed by atoms with van der Waals surface area (Å²) in [6, 6.07) is 8.53. The summed E-state index contributed by atoms with van der Waals surface area (Å²) in [5.41, 5.74) is 9.09. The zero-order valence-corrected chi connectivity index (χ0v) is 15.0. The molecule has 1 aliphatic rings. The molecular weight excluding hydrogens is 341 g/mol. The van der Waals surface area contributed by atoms with Gasteiger partial charge in [0.25, 0.3) is 0 Å². The molecule has 2 aromatic rings. The lowest BCUT2D eigenvalue weighted by Gasteiger charge is -2.30. The largest absolute Gasteiger partial charge is 0.328 e. The van der Waals surface area contributed by atoms with E-state index >= 15 is 0 Å². The van der Waals surface area contributed by atoms with Gasteiger partial charge in [-0.3, -0.25) is 4.90 Å². The molecule has 1 fully saturated rings. The maximum Gasteiger partial charge on any atom is 0.0740 e. The smallest absolute Gasteiger partial charge is 0.0740 e. The Kier molecular flexibility index (Phi) is 7.36. The summed E-state index contributed by atoms with van der Waals surface area (Å²) in [6.07, 6.45) is 2.12. The molecule has 122 valence electrons. The number of aryl methyl sites for hydroxylation is 1. The number of nitrogens with zero attached hydrogens (tertiary/aromatic N) is 2. The maximum absolute atomic E-state index is 6.51. The van der Waals surface area contributed by atoms with Crippen LogP contribution in [-0.4, -0.2) is 29.0 Å². The van der Waals surface area contributed by atoms with Gasteiger partial charge in [0.15, 0.2) is 0 Å². The molecule has 0 spiro atoms. The fourth-order valence-corrected chi connectivity index (χ4v) is 3.05. The van der Waals surface area contributed by atoms with Gasteiger partial charge in [0.05, 0.1) is 16.2 Å². The van der Waals surface area contributed by atoms with Crippen LogP contribution in [0.5, 0.6) is 0 Å². The second-order valence-electron chi connectivity index (χ2n) is 5.63. The van der Waals surface area contributed by atoms with Gasteiger partial charge in [0.1, 0.15) is 0 Å². The van der Waals surface area contributed by atoms with Gasteiger partial charge in [-0.05, 0) is 31.4 Å². The van der Waals surface area contributed by atoms with Crippen LogP contribution in [0, 0.1) is 6.92 Å². The minimum absolute atomic E-state index is 0. The van der Waals surface area contributed by atoms with Crippen molar-refractivity contribution in [3.8, 4) is 0 Å². The lowest BCUT2D eigenvalue weighted by molar-refractivity contribution is 0.204. The van der Waals surface area contributed by atoms with E-state index in [-0.39, 0.29) is 24.8 Å². The van der Waals surface area contributed by atoms with Gasteiger partial charge >= 0.3 is 0 Å². The van der Waals surface area contributed by atoms with Crippen LogP contribution >= 0.6 is 36.4 Å². The zero-order chi connectivity index (χ0) is 14.1. The van der Waals surface area contributed by atoms with E-state index in [2.05, 4.69) is 17.9 Å². The van der Waals surface area contributed by atoms with E-state index in [0.717, 1.165) is 59.7 Å². The summed E-state index contributed by atoms with van der Waals surface area (Å²) in [5, 5.41) is 1.94. The van der Waals surface area contributed by atoms with Gasteiger partial charge in [-0.1, -0.05) is 29.8 Å². The summed E-state index contributed by atoms with van der Waals surface area (Å²) in [6.45, 7) is 4.95. The fourth-order valence-electron chi connectivity index (χ4n) is 2.85. The number of fused-ring (bicyclic) bond motifs is 1. The Morgan fingerprint density at radius 3 is 2.55 bits per heavy atom. The van der Waals surface area contributed by atoms with Gasteiger partial charge in [-0.25, -0.2) is 4.98 Å². The van der Waals surface area contributed by atoms with E-state index in [4.69, 9.17) is 22.3 Å².